The van der Waals surface area contributed by atoms with Crippen molar-refractivity contribution in [1.82, 2.24) is 0 Å². The molecule has 0 heterocycles. The molecule has 0 atom stereocenters. The fourth-order valence-electron chi connectivity index (χ4n) is 3.17. The molecule has 0 radical (unpaired) electrons. The van der Waals surface area contributed by atoms with E-state index < -0.39 is 0 Å². The Morgan fingerprint density at radius 2 is 1.59 bits per heavy atom. The third kappa shape index (κ3) is 5.19. The molecule has 0 saturated carbocycles. The Labute approximate surface area is 162 Å². The lowest BCUT2D eigenvalue weighted by atomic mass is 9.86. The van der Waals surface area contributed by atoms with Gasteiger partial charge in [0.1, 0.15) is 6.54 Å². The van der Waals surface area contributed by atoms with Gasteiger partial charge in [-0.05, 0) is 34.6 Å². The molecule has 0 spiro atoms. The van der Waals surface area contributed by atoms with Crippen LogP contribution in [0, 0.1) is 0 Å². The maximum absolute atomic E-state index is 12.8. The van der Waals surface area contributed by atoms with E-state index in [1.165, 1.54) is 6.92 Å². The topological polar surface area (TPSA) is 49.4 Å². The van der Waals surface area contributed by atoms with Crippen molar-refractivity contribution in [2.45, 2.75) is 52.9 Å². The first-order chi connectivity index (χ1) is 12.6. The molecule has 0 aliphatic heterocycles. The monoisotopic (exact) mass is 366 g/mol. The van der Waals surface area contributed by atoms with Crippen LogP contribution in [0.4, 0.5) is 11.4 Å². The maximum atomic E-state index is 12.8. The summed E-state index contributed by atoms with van der Waals surface area (Å²) in [4.78, 5) is 26.6. The number of carbonyl (C=O) groups excluding carboxylic acids is 2. The number of hydrogen-bond donors (Lipinski definition) is 1. The van der Waals surface area contributed by atoms with Gasteiger partial charge in [0.25, 0.3) is 0 Å². The lowest BCUT2D eigenvalue weighted by molar-refractivity contribution is -0.120. The Hall–Kier alpha value is -2.62. The predicted molar refractivity (Wildman–Crippen MR) is 112 cm³/mol. The Morgan fingerprint density at radius 1 is 1.00 bits per heavy atom. The van der Waals surface area contributed by atoms with Gasteiger partial charge in [0.15, 0.2) is 0 Å². The van der Waals surface area contributed by atoms with E-state index in [-0.39, 0.29) is 29.7 Å². The average Bonchev–Trinajstić information content (AvgIpc) is 2.59. The van der Waals surface area contributed by atoms with E-state index in [1.807, 2.05) is 48.5 Å². The maximum Gasteiger partial charge on any atom is 0.244 e. The predicted octanol–water partition coefficient (Wildman–Crippen LogP) is 5.10. The van der Waals surface area contributed by atoms with Crippen molar-refractivity contribution < 1.29 is 9.59 Å². The third-order valence-corrected chi connectivity index (χ3v) is 4.54. The van der Waals surface area contributed by atoms with E-state index >= 15 is 0 Å². The van der Waals surface area contributed by atoms with Crippen LogP contribution in [0.5, 0.6) is 0 Å². The summed E-state index contributed by atoms with van der Waals surface area (Å²) in [7, 11) is 0. The fourth-order valence-corrected chi connectivity index (χ4v) is 3.17. The summed E-state index contributed by atoms with van der Waals surface area (Å²) in [6, 6.07) is 15.5. The standard InChI is InChI=1S/C23H30N2O2/c1-16(2)18-11-7-10-14-21(18)25(17(3)26)15-22(27)24-20-13-9-8-12-19(20)23(4,5)6/h7-14,16H,15H2,1-6H3,(H,24,27). The molecule has 0 unspecified atom stereocenters. The summed E-state index contributed by atoms with van der Waals surface area (Å²) >= 11 is 0. The minimum atomic E-state index is -0.208. The van der Waals surface area contributed by atoms with E-state index in [0.717, 1.165) is 22.5 Å². The van der Waals surface area contributed by atoms with Crippen molar-refractivity contribution in [1.29, 1.82) is 0 Å². The number of hydrogen-bond acceptors (Lipinski definition) is 2. The van der Waals surface area contributed by atoms with E-state index in [4.69, 9.17) is 0 Å². The molecule has 144 valence electrons. The van der Waals surface area contributed by atoms with Crippen molar-refractivity contribution in [3.8, 4) is 0 Å². The molecule has 0 saturated heterocycles. The Bertz CT molecular complexity index is 819. The van der Waals surface area contributed by atoms with Crippen molar-refractivity contribution in [2.75, 3.05) is 16.8 Å². The fraction of sp³-hybridized carbons (Fsp3) is 0.391. The minimum Gasteiger partial charge on any atom is -0.324 e. The van der Waals surface area contributed by atoms with Gasteiger partial charge in [-0.3, -0.25) is 9.59 Å². The van der Waals surface area contributed by atoms with E-state index in [2.05, 4.69) is 39.9 Å². The molecular weight excluding hydrogens is 336 g/mol. The molecule has 4 heteroatoms. The summed E-state index contributed by atoms with van der Waals surface area (Å²) in [6.45, 7) is 12.0. The van der Waals surface area contributed by atoms with E-state index in [1.54, 1.807) is 4.90 Å². The van der Waals surface area contributed by atoms with Crippen molar-refractivity contribution >= 4 is 23.2 Å². The van der Waals surface area contributed by atoms with Gasteiger partial charge in [0.05, 0.1) is 0 Å². The summed E-state index contributed by atoms with van der Waals surface area (Å²) in [5, 5.41) is 2.99. The SMILES string of the molecule is CC(=O)N(CC(=O)Nc1ccccc1C(C)(C)C)c1ccccc1C(C)C. The summed E-state index contributed by atoms with van der Waals surface area (Å²) < 4.78 is 0. The van der Waals surface area contributed by atoms with Gasteiger partial charge in [-0.2, -0.15) is 0 Å². The number of nitrogens with zero attached hydrogens (tertiary/aromatic N) is 1. The molecule has 27 heavy (non-hydrogen) atoms. The molecule has 0 bridgehead atoms. The smallest absolute Gasteiger partial charge is 0.244 e. The Balaban J connectivity index is 2.27. The minimum absolute atomic E-state index is 0.0163. The van der Waals surface area contributed by atoms with Crippen LogP contribution < -0.4 is 10.2 Å². The number of para-hydroxylation sites is 2. The molecule has 2 rings (SSSR count). The highest BCUT2D eigenvalue weighted by molar-refractivity contribution is 6.02. The first-order valence-electron chi connectivity index (χ1n) is 9.37. The largest absolute Gasteiger partial charge is 0.324 e. The molecule has 0 aromatic heterocycles. The number of amides is 2. The third-order valence-electron chi connectivity index (χ3n) is 4.54. The first-order valence-corrected chi connectivity index (χ1v) is 9.37. The van der Waals surface area contributed by atoms with Gasteiger partial charge in [0.2, 0.25) is 11.8 Å². The molecule has 0 aliphatic rings. The quantitative estimate of drug-likeness (QED) is 0.800. The lowest BCUT2D eigenvalue weighted by Gasteiger charge is -2.26. The van der Waals surface area contributed by atoms with Crippen LogP contribution >= 0.6 is 0 Å². The summed E-state index contributed by atoms with van der Waals surface area (Å²) in [6.07, 6.45) is 0. The second kappa shape index (κ2) is 8.38. The van der Waals surface area contributed by atoms with Crippen LogP contribution in [0.15, 0.2) is 48.5 Å². The highest BCUT2D eigenvalue weighted by Gasteiger charge is 2.22. The van der Waals surface area contributed by atoms with Gasteiger partial charge >= 0.3 is 0 Å². The van der Waals surface area contributed by atoms with Gasteiger partial charge < -0.3 is 10.2 Å². The van der Waals surface area contributed by atoms with Crippen LogP contribution in [-0.4, -0.2) is 18.4 Å². The zero-order valence-corrected chi connectivity index (χ0v) is 17.2. The zero-order chi connectivity index (χ0) is 20.2. The first kappa shape index (κ1) is 20.7. The highest BCUT2D eigenvalue weighted by Crippen LogP contribution is 2.30. The number of nitrogens with one attached hydrogen (secondary N) is 1. The van der Waals surface area contributed by atoms with Crippen LogP contribution in [0.25, 0.3) is 0 Å². The second-order valence-electron chi connectivity index (χ2n) is 8.16. The number of anilines is 2. The van der Waals surface area contributed by atoms with E-state index in [0.29, 0.717) is 0 Å². The van der Waals surface area contributed by atoms with E-state index in [9.17, 15) is 9.59 Å². The van der Waals surface area contributed by atoms with Gasteiger partial charge in [0, 0.05) is 18.3 Å². The summed E-state index contributed by atoms with van der Waals surface area (Å²) in [5.74, 6) is -0.101. The Morgan fingerprint density at radius 3 is 2.19 bits per heavy atom. The molecule has 2 amide bonds. The molecule has 2 aromatic rings. The lowest BCUT2D eigenvalue weighted by Crippen LogP contribution is -2.37. The second-order valence-corrected chi connectivity index (χ2v) is 8.16. The van der Waals surface area contributed by atoms with Crippen molar-refractivity contribution in [3.05, 3.63) is 59.7 Å². The van der Waals surface area contributed by atoms with Crippen molar-refractivity contribution in [3.63, 3.8) is 0 Å². The number of carbonyl (C=O) groups is 2. The van der Waals surface area contributed by atoms with Gasteiger partial charge in [-0.25, -0.2) is 0 Å². The zero-order valence-electron chi connectivity index (χ0n) is 17.2. The highest BCUT2D eigenvalue weighted by atomic mass is 16.2. The molecule has 4 nitrogen and oxygen atoms in total. The number of benzene rings is 2. The molecular formula is C23H30N2O2. The molecule has 2 aromatic carbocycles. The van der Waals surface area contributed by atoms with Crippen LogP contribution in [-0.2, 0) is 15.0 Å². The van der Waals surface area contributed by atoms with Gasteiger partial charge in [-0.1, -0.05) is 71.0 Å². The average molecular weight is 367 g/mol. The van der Waals surface area contributed by atoms with Gasteiger partial charge in [-0.15, -0.1) is 0 Å². The normalized spacial score (nSPS) is 11.4. The van der Waals surface area contributed by atoms with Crippen LogP contribution in [0.1, 0.15) is 58.6 Å². The molecule has 0 fully saturated rings. The molecule has 0 aliphatic carbocycles. The number of rotatable bonds is 5. The molecule has 1 N–H and O–H groups in total. The van der Waals surface area contributed by atoms with Crippen LogP contribution in [0.2, 0.25) is 0 Å². The Kier molecular flexibility index (Phi) is 6.42. The van der Waals surface area contributed by atoms with Crippen LogP contribution in [0.3, 0.4) is 0 Å². The summed E-state index contributed by atoms with van der Waals surface area (Å²) in [5.41, 5.74) is 3.61. The van der Waals surface area contributed by atoms with Crippen molar-refractivity contribution in [2.24, 2.45) is 0 Å².